The number of ether oxygens (including phenoxy) is 4. The summed E-state index contributed by atoms with van der Waals surface area (Å²) >= 11 is 0. The van der Waals surface area contributed by atoms with E-state index in [1.165, 1.54) is 32.1 Å². The Morgan fingerprint density at radius 3 is 1.74 bits per heavy atom. The van der Waals surface area contributed by atoms with Crippen LogP contribution in [0, 0.1) is 0 Å². The first-order valence-corrected chi connectivity index (χ1v) is 9.25. The molecule has 0 radical (unpaired) electrons. The fourth-order valence-electron chi connectivity index (χ4n) is 2.73. The van der Waals surface area contributed by atoms with Crippen molar-refractivity contribution >= 4 is 0 Å². The summed E-state index contributed by atoms with van der Waals surface area (Å²) in [7, 11) is 1.74. The molecule has 0 aliphatic rings. The molecule has 4 heteroatoms. The van der Waals surface area contributed by atoms with E-state index in [9.17, 15) is 0 Å². The minimum absolute atomic E-state index is 0.208. The fourth-order valence-corrected chi connectivity index (χ4v) is 2.73. The molecule has 0 aliphatic heterocycles. The van der Waals surface area contributed by atoms with Gasteiger partial charge in [-0.15, -0.1) is 6.58 Å². The van der Waals surface area contributed by atoms with Gasteiger partial charge in [-0.2, -0.15) is 0 Å². The third-order valence-corrected chi connectivity index (χ3v) is 3.88. The van der Waals surface area contributed by atoms with Gasteiger partial charge in [0.25, 0.3) is 5.97 Å². The van der Waals surface area contributed by atoms with Gasteiger partial charge in [0.2, 0.25) is 0 Å². The van der Waals surface area contributed by atoms with Gasteiger partial charge in [0.15, 0.2) is 0 Å². The Labute approximate surface area is 143 Å². The van der Waals surface area contributed by atoms with Crippen LogP contribution in [0.4, 0.5) is 0 Å². The third kappa shape index (κ3) is 10.9. The minimum Gasteiger partial charge on any atom is -0.377 e. The average Bonchev–Trinajstić information content (AvgIpc) is 2.54. The lowest BCUT2D eigenvalue weighted by molar-refractivity contribution is -0.380. The van der Waals surface area contributed by atoms with E-state index in [1.807, 2.05) is 26.8 Å². The van der Waals surface area contributed by atoms with Crippen LogP contribution in [-0.2, 0) is 18.9 Å². The minimum atomic E-state index is -0.839. The van der Waals surface area contributed by atoms with Gasteiger partial charge >= 0.3 is 0 Å². The van der Waals surface area contributed by atoms with Crippen LogP contribution in [0.5, 0.6) is 0 Å². The molecule has 1 unspecified atom stereocenters. The van der Waals surface area contributed by atoms with Crippen LogP contribution in [0.25, 0.3) is 0 Å². The van der Waals surface area contributed by atoms with Crippen LogP contribution >= 0.6 is 0 Å². The molecular weight excluding hydrogens is 292 g/mol. The van der Waals surface area contributed by atoms with E-state index in [-0.39, 0.29) is 6.10 Å². The van der Waals surface area contributed by atoms with Crippen LogP contribution in [0.3, 0.4) is 0 Å². The standard InChI is InChI=1S/C19H38O4/c1-6-18(20-5)16-14-12-10-11-13-15-17-19(21-7-2,22-8-3)23-9-4/h6,18H,1,7-17H2,2-5H3. The molecule has 0 fully saturated rings. The van der Waals surface area contributed by atoms with E-state index in [1.54, 1.807) is 7.11 Å². The second-order valence-corrected chi connectivity index (χ2v) is 5.65. The molecule has 0 amide bonds. The molecule has 0 aliphatic carbocycles. The van der Waals surface area contributed by atoms with Crippen LogP contribution in [0.15, 0.2) is 12.7 Å². The van der Waals surface area contributed by atoms with Gasteiger partial charge < -0.3 is 18.9 Å². The van der Waals surface area contributed by atoms with Crippen LogP contribution in [-0.4, -0.2) is 39.0 Å². The lowest BCUT2D eigenvalue weighted by Gasteiger charge is -2.32. The van der Waals surface area contributed by atoms with Crippen molar-refractivity contribution in [2.45, 2.75) is 84.2 Å². The summed E-state index contributed by atoms with van der Waals surface area (Å²) in [4.78, 5) is 0. The Bertz CT molecular complexity index is 251. The first kappa shape index (κ1) is 22.6. The predicted molar refractivity (Wildman–Crippen MR) is 95.5 cm³/mol. The smallest absolute Gasteiger partial charge is 0.282 e. The normalized spacial score (nSPS) is 13.2. The van der Waals surface area contributed by atoms with Crippen molar-refractivity contribution in [3.05, 3.63) is 12.7 Å². The number of hydrogen-bond donors (Lipinski definition) is 0. The molecular formula is C19H38O4. The zero-order chi connectivity index (χ0) is 17.4. The summed E-state index contributed by atoms with van der Waals surface area (Å²) in [6.45, 7) is 11.5. The van der Waals surface area contributed by atoms with Gasteiger partial charge in [-0.1, -0.05) is 38.2 Å². The molecule has 0 saturated heterocycles. The second-order valence-electron chi connectivity index (χ2n) is 5.65. The molecule has 0 rings (SSSR count). The molecule has 0 N–H and O–H groups in total. The summed E-state index contributed by atoms with van der Waals surface area (Å²) in [5.41, 5.74) is 0. The molecule has 0 saturated carbocycles. The zero-order valence-corrected chi connectivity index (χ0v) is 15.8. The summed E-state index contributed by atoms with van der Waals surface area (Å²) in [6.07, 6.45) is 11.2. The van der Waals surface area contributed by atoms with Gasteiger partial charge in [-0.25, -0.2) is 0 Å². The maximum absolute atomic E-state index is 5.74. The molecule has 1 atom stereocenters. The monoisotopic (exact) mass is 330 g/mol. The molecule has 0 bridgehead atoms. The summed E-state index contributed by atoms with van der Waals surface area (Å²) in [5.74, 6) is -0.839. The van der Waals surface area contributed by atoms with Gasteiger partial charge in [-0.05, 0) is 33.6 Å². The van der Waals surface area contributed by atoms with E-state index in [0.29, 0.717) is 19.8 Å². The largest absolute Gasteiger partial charge is 0.377 e. The van der Waals surface area contributed by atoms with Crippen molar-refractivity contribution in [2.75, 3.05) is 26.9 Å². The van der Waals surface area contributed by atoms with Gasteiger partial charge in [-0.3, -0.25) is 0 Å². The topological polar surface area (TPSA) is 36.9 Å². The number of unbranched alkanes of at least 4 members (excludes halogenated alkanes) is 5. The van der Waals surface area contributed by atoms with Gasteiger partial charge in [0, 0.05) is 33.4 Å². The molecule has 0 spiro atoms. The lowest BCUT2D eigenvalue weighted by Crippen LogP contribution is -2.39. The van der Waals surface area contributed by atoms with Crippen LogP contribution in [0.1, 0.15) is 72.1 Å². The molecule has 0 heterocycles. The first-order chi connectivity index (χ1) is 11.2. The molecule has 4 nitrogen and oxygen atoms in total. The quantitative estimate of drug-likeness (QED) is 0.212. The molecule has 138 valence electrons. The Morgan fingerprint density at radius 1 is 0.826 bits per heavy atom. The maximum Gasteiger partial charge on any atom is 0.282 e. The molecule has 0 aromatic carbocycles. The van der Waals surface area contributed by atoms with Crippen LogP contribution in [0.2, 0.25) is 0 Å². The highest BCUT2D eigenvalue weighted by atomic mass is 16.9. The van der Waals surface area contributed by atoms with Crippen molar-refractivity contribution < 1.29 is 18.9 Å². The average molecular weight is 331 g/mol. The van der Waals surface area contributed by atoms with E-state index in [4.69, 9.17) is 18.9 Å². The van der Waals surface area contributed by atoms with E-state index in [2.05, 4.69) is 6.58 Å². The van der Waals surface area contributed by atoms with Crippen molar-refractivity contribution in [2.24, 2.45) is 0 Å². The summed E-state index contributed by atoms with van der Waals surface area (Å²) in [5, 5.41) is 0. The molecule has 23 heavy (non-hydrogen) atoms. The van der Waals surface area contributed by atoms with Crippen LogP contribution < -0.4 is 0 Å². The third-order valence-electron chi connectivity index (χ3n) is 3.88. The van der Waals surface area contributed by atoms with E-state index in [0.717, 1.165) is 19.3 Å². The Hall–Kier alpha value is -0.420. The predicted octanol–water partition coefficient (Wildman–Crippen LogP) is 5.07. The number of hydrogen-bond acceptors (Lipinski definition) is 4. The van der Waals surface area contributed by atoms with Crippen molar-refractivity contribution in [1.29, 1.82) is 0 Å². The second kappa shape index (κ2) is 15.1. The Morgan fingerprint density at radius 2 is 1.30 bits per heavy atom. The SMILES string of the molecule is C=CC(CCCCCCCCC(OCC)(OCC)OCC)OC. The Kier molecular flexibility index (Phi) is 14.9. The maximum atomic E-state index is 5.74. The highest BCUT2D eigenvalue weighted by molar-refractivity contribution is 4.79. The fraction of sp³-hybridized carbons (Fsp3) is 0.895. The van der Waals surface area contributed by atoms with E-state index >= 15 is 0 Å². The van der Waals surface area contributed by atoms with Gasteiger partial charge in [0.05, 0.1) is 6.10 Å². The Balaban J connectivity index is 3.82. The lowest BCUT2D eigenvalue weighted by atomic mass is 10.1. The molecule has 0 aromatic heterocycles. The van der Waals surface area contributed by atoms with Gasteiger partial charge in [0.1, 0.15) is 0 Å². The van der Waals surface area contributed by atoms with Crippen molar-refractivity contribution in [1.82, 2.24) is 0 Å². The van der Waals surface area contributed by atoms with Crippen molar-refractivity contribution in [3.8, 4) is 0 Å². The highest BCUT2D eigenvalue weighted by Gasteiger charge is 2.31. The number of rotatable bonds is 17. The summed E-state index contributed by atoms with van der Waals surface area (Å²) in [6, 6.07) is 0. The first-order valence-electron chi connectivity index (χ1n) is 9.25. The summed E-state index contributed by atoms with van der Waals surface area (Å²) < 4.78 is 22.5. The molecule has 0 aromatic rings. The van der Waals surface area contributed by atoms with Crippen molar-refractivity contribution in [3.63, 3.8) is 0 Å². The highest BCUT2D eigenvalue weighted by Crippen LogP contribution is 2.24. The number of methoxy groups -OCH3 is 1. The zero-order valence-electron chi connectivity index (χ0n) is 15.8. The van der Waals surface area contributed by atoms with E-state index < -0.39 is 5.97 Å².